The zero-order valence-electron chi connectivity index (χ0n) is 28.4. The highest BCUT2D eigenvalue weighted by molar-refractivity contribution is 6.30. The molecule has 2 heterocycles. The summed E-state index contributed by atoms with van der Waals surface area (Å²) >= 11 is 6.28. The number of carbonyl (C=O) groups is 1. The minimum Gasteiger partial charge on any atom is -0.493 e. The molecule has 2 aromatic carbocycles. The van der Waals surface area contributed by atoms with E-state index in [1.54, 1.807) is 0 Å². The number of rotatable bonds is 10. The standard InChI is InChI=1S/C40H50ClN3O4/c1-26(25-47-36-13-19-43-35-10-3-6-27(2)37(35)36)20-29-21-28-11-12-32(48-33-9-5-18-42-24-33)23-34(28)39(29)14-16-40(17-15-39,38(45)46)44-31-8-4-7-30(41)22-31/h4,7-8,11-13,19,22-23,26-27,29,33,42,44H,3,5-6,9-10,14-18,20-21,24-25H2,1-2H3,(H,45,46)/t26-,27-,29+,33-,39?,40?/m1/s1. The summed E-state index contributed by atoms with van der Waals surface area (Å²) in [5, 5.41) is 18.1. The van der Waals surface area contributed by atoms with E-state index in [1.807, 2.05) is 36.5 Å². The lowest BCUT2D eigenvalue weighted by Crippen LogP contribution is -2.53. The molecule has 256 valence electrons. The van der Waals surface area contributed by atoms with Gasteiger partial charge in [-0.2, -0.15) is 0 Å². The molecule has 1 saturated heterocycles. The zero-order valence-corrected chi connectivity index (χ0v) is 29.2. The van der Waals surface area contributed by atoms with E-state index < -0.39 is 11.5 Å². The summed E-state index contributed by atoms with van der Waals surface area (Å²) in [5.41, 5.74) is 4.82. The lowest BCUT2D eigenvalue weighted by Gasteiger charge is -2.47. The highest BCUT2D eigenvalue weighted by Gasteiger charge is 2.54. The minimum atomic E-state index is -1.04. The van der Waals surface area contributed by atoms with Gasteiger partial charge in [0.15, 0.2) is 0 Å². The average Bonchev–Trinajstić information content (AvgIpc) is 3.36. The van der Waals surface area contributed by atoms with Gasteiger partial charge in [0.05, 0.1) is 6.61 Å². The molecule has 48 heavy (non-hydrogen) atoms. The number of aromatic nitrogens is 1. The third-order valence-electron chi connectivity index (χ3n) is 11.8. The maximum absolute atomic E-state index is 13.0. The van der Waals surface area contributed by atoms with Gasteiger partial charge < -0.3 is 25.2 Å². The number of nitrogens with one attached hydrogen (secondary N) is 2. The van der Waals surface area contributed by atoms with E-state index in [1.165, 1.54) is 35.2 Å². The van der Waals surface area contributed by atoms with Crippen LogP contribution in [0.25, 0.3) is 0 Å². The van der Waals surface area contributed by atoms with Crippen molar-refractivity contribution in [2.45, 2.75) is 107 Å². The number of aliphatic carboxylic acids is 1. The number of anilines is 1. The molecule has 0 radical (unpaired) electrons. The molecule has 7 rings (SSSR count). The maximum Gasteiger partial charge on any atom is 0.329 e. The van der Waals surface area contributed by atoms with Crippen LogP contribution in [0.1, 0.15) is 99.9 Å². The van der Waals surface area contributed by atoms with Crippen molar-refractivity contribution in [2.24, 2.45) is 11.8 Å². The fraction of sp³-hybridized carbons (Fsp3) is 0.550. The number of hydrogen-bond acceptors (Lipinski definition) is 6. The SMILES string of the molecule is C[C@@H](COc1ccnc2c1[C@H](C)CCC2)C[C@H]1Cc2ccc(O[C@@H]3CCCNC3)cc2C12CCC(Nc1cccc(Cl)c1)(C(=O)O)CC2. The Morgan fingerprint density at radius 3 is 2.75 bits per heavy atom. The van der Waals surface area contributed by atoms with Crippen molar-refractivity contribution in [3.8, 4) is 11.5 Å². The van der Waals surface area contributed by atoms with Crippen molar-refractivity contribution in [1.29, 1.82) is 0 Å². The van der Waals surface area contributed by atoms with Gasteiger partial charge in [0.2, 0.25) is 0 Å². The number of hydrogen-bond donors (Lipinski definition) is 3. The highest BCUT2D eigenvalue weighted by atomic mass is 35.5. The Balaban J connectivity index is 1.13. The van der Waals surface area contributed by atoms with E-state index in [4.69, 9.17) is 21.1 Å². The van der Waals surface area contributed by atoms with Gasteiger partial charge in [-0.1, -0.05) is 37.6 Å². The van der Waals surface area contributed by atoms with Crippen molar-refractivity contribution in [1.82, 2.24) is 10.3 Å². The summed E-state index contributed by atoms with van der Waals surface area (Å²) in [4.78, 5) is 17.6. The third kappa shape index (κ3) is 6.65. The largest absolute Gasteiger partial charge is 0.493 e. The number of ether oxygens (including phenoxy) is 2. The quantitative estimate of drug-likeness (QED) is 0.200. The Morgan fingerprint density at radius 1 is 1.12 bits per heavy atom. The second kappa shape index (κ2) is 13.9. The number of halogens is 1. The smallest absolute Gasteiger partial charge is 0.329 e. The summed E-state index contributed by atoms with van der Waals surface area (Å²) in [5.74, 6) is 2.33. The summed E-state index contributed by atoms with van der Waals surface area (Å²) < 4.78 is 13.1. The Morgan fingerprint density at radius 2 is 1.98 bits per heavy atom. The molecule has 3 N–H and O–H groups in total. The predicted octanol–water partition coefficient (Wildman–Crippen LogP) is 8.33. The Bertz CT molecular complexity index is 1610. The number of nitrogens with zero attached hydrogens (tertiary/aromatic N) is 1. The van der Waals surface area contributed by atoms with Crippen LogP contribution < -0.4 is 20.1 Å². The molecule has 1 aliphatic heterocycles. The summed E-state index contributed by atoms with van der Waals surface area (Å²) in [6.45, 7) is 7.18. The van der Waals surface area contributed by atoms with Crippen molar-refractivity contribution in [3.05, 3.63) is 82.1 Å². The molecule has 7 nitrogen and oxygen atoms in total. The molecule has 8 heteroatoms. The molecule has 3 aliphatic carbocycles. The monoisotopic (exact) mass is 671 g/mol. The summed E-state index contributed by atoms with van der Waals surface area (Å²) in [7, 11) is 0. The number of carboxylic acid groups (broad SMARTS) is 1. The van der Waals surface area contributed by atoms with Gasteiger partial charge in [-0.3, -0.25) is 4.98 Å². The number of carboxylic acids is 1. The molecule has 2 fully saturated rings. The van der Waals surface area contributed by atoms with E-state index in [9.17, 15) is 9.90 Å². The van der Waals surface area contributed by atoms with Gasteiger partial charge in [-0.15, -0.1) is 0 Å². The number of aryl methyl sites for hydroxylation is 1. The molecule has 0 unspecified atom stereocenters. The number of fused-ring (bicyclic) bond motifs is 3. The first-order valence-corrected chi connectivity index (χ1v) is 18.5. The van der Waals surface area contributed by atoms with Gasteiger partial charge in [0.1, 0.15) is 23.1 Å². The van der Waals surface area contributed by atoms with Gasteiger partial charge in [0.25, 0.3) is 0 Å². The van der Waals surface area contributed by atoms with Crippen LogP contribution >= 0.6 is 11.6 Å². The summed E-state index contributed by atoms with van der Waals surface area (Å²) in [6.07, 6.45) is 12.3. The topological polar surface area (TPSA) is 92.7 Å². The van der Waals surface area contributed by atoms with E-state index in [2.05, 4.69) is 47.7 Å². The number of piperidine rings is 1. The Hall–Kier alpha value is -3.29. The van der Waals surface area contributed by atoms with Crippen LogP contribution in [-0.4, -0.2) is 47.4 Å². The predicted molar refractivity (Wildman–Crippen MR) is 191 cm³/mol. The lowest BCUT2D eigenvalue weighted by molar-refractivity contribution is -0.144. The zero-order chi connectivity index (χ0) is 33.3. The third-order valence-corrected chi connectivity index (χ3v) is 12.1. The molecule has 4 aliphatic rings. The van der Waals surface area contributed by atoms with Gasteiger partial charge >= 0.3 is 5.97 Å². The molecular formula is C40H50ClN3O4. The first-order chi connectivity index (χ1) is 23.2. The molecule has 1 spiro atoms. The van der Waals surface area contributed by atoms with Crippen molar-refractivity contribution < 1.29 is 19.4 Å². The van der Waals surface area contributed by atoms with Crippen LogP contribution in [0.3, 0.4) is 0 Å². The van der Waals surface area contributed by atoms with E-state index in [-0.39, 0.29) is 11.5 Å². The highest BCUT2D eigenvalue weighted by Crippen LogP contribution is 2.57. The first kappa shape index (κ1) is 33.2. The molecule has 1 aromatic heterocycles. The fourth-order valence-corrected chi connectivity index (χ4v) is 9.45. The fourth-order valence-electron chi connectivity index (χ4n) is 9.26. The first-order valence-electron chi connectivity index (χ1n) is 18.1. The second-order valence-electron chi connectivity index (χ2n) is 15.1. The Labute approximate surface area is 290 Å². The van der Waals surface area contributed by atoms with Gasteiger partial charge in [-0.25, -0.2) is 4.79 Å². The van der Waals surface area contributed by atoms with Crippen LogP contribution in [-0.2, 0) is 23.1 Å². The molecule has 3 aromatic rings. The van der Waals surface area contributed by atoms with Crippen molar-refractivity contribution in [3.63, 3.8) is 0 Å². The van der Waals surface area contributed by atoms with Crippen LogP contribution in [0.2, 0.25) is 5.02 Å². The van der Waals surface area contributed by atoms with Crippen molar-refractivity contribution >= 4 is 23.3 Å². The van der Waals surface area contributed by atoms with E-state index >= 15 is 0 Å². The average molecular weight is 672 g/mol. The van der Waals surface area contributed by atoms with Crippen LogP contribution in [0.5, 0.6) is 11.5 Å². The normalized spacial score (nSPS) is 28.7. The molecular weight excluding hydrogens is 622 g/mol. The lowest BCUT2D eigenvalue weighted by atomic mass is 9.59. The van der Waals surface area contributed by atoms with Crippen LogP contribution in [0.4, 0.5) is 5.69 Å². The van der Waals surface area contributed by atoms with Gasteiger partial charge in [0, 0.05) is 34.7 Å². The second-order valence-corrected chi connectivity index (χ2v) is 15.5. The molecule has 1 saturated carbocycles. The van der Waals surface area contributed by atoms with E-state index in [0.717, 1.165) is 75.2 Å². The minimum absolute atomic E-state index is 0.118. The van der Waals surface area contributed by atoms with Gasteiger partial charge in [-0.05, 0) is 148 Å². The molecule has 4 atom stereocenters. The van der Waals surface area contributed by atoms with Crippen LogP contribution in [0, 0.1) is 11.8 Å². The number of pyridine rings is 1. The van der Waals surface area contributed by atoms with E-state index in [0.29, 0.717) is 42.2 Å². The summed E-state index contributed by atoms with van der Waals surface area (Å²) in [6, 6.07) is 16.2. The molecule has 0 bridgehead atoms. The maximum atomic E-state index is 13.0. The Kier molecular flexibility index (Phi) is 9.63. The van der Waals surface area contributed by atoms with Crippen LogP contribution in [0.15, 0.2) is 54.7 Å². The van der Waals surface area contributed by atoms with Crippen molar-refractivity contribution in [2.75, 3.05) is 25.0 Å². The number of benzene rings is 2. The molecule has 0 amide bonds.